The summed E-state index contributed by atoms with van der Waals surface area (Å²) in [5.74, 6) is 0.444. The van der Waals surface area contributed by atoms with Gasteiger partial charge in [-0.3, -0.25) is 9.13 Å². The fourth-order valence-corrected chi connectivity index (χ4v) is 4.77. The molecular weight excluding hydrogens is 384 g/mol. The third-order valence-electron chi connectivity index (χ3n) is 6.33. The Morgan fingerprint density at radius 3 is 2.80 bits per heavy atom. The Bertz CT molecular complexity index is 1320. The molecule has 2 aliphatic rings. The minimum absolute atomic E-state index is 0.0528. The van der Waals surface area contributed by atoms with Gasteiger partial charge in [-0.1, -0.05) is 0 Å². The third kappa shape index (κ3) is 2.63. The van der Waals surface area contributed by atoms with Gasteiger partial charge < -0.3 is 10.1 Å². The van der Waals surface area contributed by atoms with Crippen molar-refractivity contribution in [3.8, 4) is 0 Å². The van der Waals surface area contributed by atoms with E-state index in [1.54, 1.807) is 22.3 Å². The van der Waals surface area contributed by atoms with E-state index in [-0.39, 0.29) is 23.9 Å². The third-order valence-corrected chi connectivity index (χ3v) is 6.33. The van der Waals surface area contributed by atoms with Crippen molar-refractivity contribution in [3.63, 3.8) is 0 Å². The van der Waals surface area contributed by atoms with Crippen molar-refractivity contribution < 1.29 is 4.74 Å². The number of rotatable bonds is 3. The summed E-state index contributed by atoms with van der Waals surface area (Å²) >= 11 is 0. The first-order valence-electron chi connectivity index (χ1n) is 10.2. The molecule has 10 nitrogen and oxygen atoms in total. The van der Waals surface area contributed by atoms with Crippen LogP contribution in [0.5, 0.6) is 0 Å². The lowest BCUT2D eigenvalue weighted by Crippen LogP contribution is -2.33. The average molecular weight is 406 g/mol. The predicted octanol–water partition coefficient (Wildman–Crippen LogP) is 2.11. The normalized spacial score (nSPS) is 23.5. The van der Waals surface area contributed by atoms with Gasteiger partial charge in [0.25, 0.3) is 0 Å². The van der Waals surface area contributed by atoms with Gasteiger partial charge in [0.1, 0.15) is 11.8 Å². The van der Waals surface area contributed by atoms with Crippen LogP contribution in [-0.2, 0) is 11.8 Å². The van der Waals surface area contributed by atoms with Crippen LogP contribution >= 0.6 is 0 Å². The van der Waals surface area contributed by atoms with Crippen molar-refractivity contribution in [2.24, 2.45) is 7.05 Å². The predicted molar refractivity (Wildman–Crippen MR) is 110 cm³/mol. The van der Waals surface area contributed by atoms with Crippen molar-refractivity contribution in [2.45, 2.75) is 50.9 Å². The van der Waals surface area contributed by atoms with Gasteiger partial charge in [0, 0.05) is 13.1 Å². The number of fused-ring (bicyclic) bond motifs is 4. The van der Waals surface area contributed by atoms with E-state index in [2.05, 4.69) is 20.4 Å². The second kappa shape index (κ2) is 6.36. The topological polar surface area (TPSA) is 104 Å². The van der Waals surface area contributed by atoms with Crippen LogP contribution in [0.4, 0.5) is 11.6 Å². The minimum Gasteiger partial charge on any atom is -0.375 e. The lowest BCUT2D eigenvalue weighted by atomic mass is 10.0. The van der Waals surface area contributed by atoms with Gasteiger partial charge >= 0.3 is 5.69 Å². The molecule has 1 N–H and O–H groups in total. The first-order chi connectivity index (χ1) is 14.6. The molecule has 154 valence electrons. The molecule has 0 saturated carbocycles. The number of hydrogen-bond acceptors (Lipinski definition) is 7. The molecule has 6 rings (SSSR count). The smallest absolute Gasteiger partial charge is 0.330 e. The van der Waals surface area contributed by atoms with E-state index in [0.29, 0.717) is 11.6 Å². The molecule has 1 unspecified atom stereocenters. The number of nitrogens with zero attached hydrogens (tertiary/aromatic N) is 7. The summed E-state index contributed by atoms with van der Waals surface area (Å²) in [5, 5.41) is 7.46. The Labute approximate surface area is 171 Å². The van der Waals surface area contributed by atoms with Crippen molar-refractivity contribution in [1.29, 1.82) is 0 Å². The van der Waals surface area contributed by atoms with Gasteiger partial charge in [-0.05, 0) is 44.2 Å². The van der Waals surface area contributed by atoms with E-state index in [4.69, 9.17) is 9.72 Å². The number of pyridine rings is 1. The molecule has 0 amide bonds. The van der Waals surface area contributed by atoms with Gasteiger partial charge in [0.2, 0.25) is 5.95 Å². The quantitative estimate of drug-likeness (QED) is 0.556. The Balaban J connectivity index is 1.42. The van der Waals surface area contributed by atoms with Crippen LogP contribution in [0.25, 0.3) is 16.8 Å². The summed E-state index contributed by atoms with van der Waals surface area (Å²) in [6.07, 6.45) is 9.43. The van der Waals surface area contributed by atoms with Gasteiger partial charge in [-0.15, -0.1) is 0 Å². The van der Waals surface area contributed by atoms with Crippen molar-refractivity contribution in [1.82, 2.24) is 33.7 Å². The zero-order chi connectivity index (χ0) is 20.4. The molecule has 4 aromatic heterocycles. The van der Waals surface area contributed by atoms with Gasteiger partial charge in [-0.2, -0.15) is 10.1 Å². The molecule has 10 heteroatoms. The Morgan fingerprint density at radius 1 is 1.20 bits per heavy atom. The number of nitrogens with one attached hydrogen (secondary N) is 1. The highest BCUT2D eigenvalue weighted by Gasteiger charge is 2.37. The highest BCUT2D eigenvalue weighted by molar-refractivity contribution is 5.73. The molecule has 30 heavy (non-hydrogen) atoms. The number of aromatic nitrogens is 7. The molecule has 2 saturated heterocycles. The second-order valence-electron chi connectivity index (χ2n) is 8.25. The molecule has 2 fully saturated rings. The number of ether oxygens (including phenoxy) is 1. The molecular formula is C20H22N8O2. The summed E-state index contributed by atoms with van der Waals surface area (Å²) in [6, 6.07) is 2.05. The molecule has 0 aliphatic carbocycles. The average Bonchev–Trinajstić information content (AvgIpc) is 3.39. The molecule has 6 heterocycles. The SMILES string of the molecule is Cc1cc2ncnn2cc1Nc1ncc2c(n1)n(C1C[C@H]3CC[C@@H](C1)O3)c(=O)n2C. The zero-order valence-electron chi connectivity index (χ0n) is 16.8. The van der Waals surface area contributed by atoms with Gasteiger partial charge in [0.05, 0.1) is 30.3 Å². The lowest BCUT2D eigenvalue weighted by molar-refractivity contribution is -0.0158. The van der Waals surface area contributed by atoms with Gasteiger partial charge in [0.15, 0.2) is 11.3 Å². The van der Waals surface area contributed by atoms with Crippen LogP contribution in [0.1, 0.15) is 37.3 Å². The van der Waals surface area contributed by atoms with E-state index < -0.39 is 0 Å². The Morgan fingerprint density at radius 2 is 2.00 bits per heavy atom. The molecule has 0 radical (unpaired) electrons. The molecule has 4 aromatic rings. The highest BCUT2D eigenvalue weighted by Crippen LogP contribution is 2.38. The fraction of sp³-hybridized carbons (Fsp3) is 0.450. The van der Waals surface area contributed by atoms with E-state index in [9.17, 15) is 4.79 Å². The van der Waals surface area contributed by atoms with E-state index in [0.717, 1.165) is 48.1 Å². The van der Waals surface area contributed by atoms with Crippen LogP contribution < -0.4 is 11.0 Å². The molecule has 2 bridgehead atoms. The van der Waals surface area contributed by atoms with E-state index >= 15 is 0 Å². The Hall–Kier alpha value is -3.27. The Kier molecular flexibility index (Phi) is 3.73. The van der Waals surface area contributed by atoms with Crippen LogP contribution in [0.15, 0.2) is 29.6 Å². The molecule has 3 atom stereocenters. The number of imidazole rings is 1. The summed E-state index contributed by atoms with van der Waals surface area (Å²) < 4.78 is 11.1. The number of anilines is 2. The zero-order valence-corrected chi connectivity index (χ0v) is 16.8. The lowest BCUT2D eigenvalue weighted by Gasteiger charge is -2.28. The summed E-state index contributed by atoms with van der Waals surface area (Å²) in [7, 11) is 1.77. The molecule has 0 aromatic carbocycles. The van der Waals surface area contributed by atoms with Crippen LogP contribution in [0, 0.1) is 6.92 Å². The van der Waals surface area contributed by atoms with Crippen LogP contribution in [-0.4, -0.2) is 45.9 Å². The van der Waals surface area contributed by atoms with Crippen molar-refractivity contribution >= 4 is 28.4 Å². The van der Waals surface area contributed by atoms with E-state index in [1.165, 1.54) is 6.33 Å². The van der Waals surface area contributed by atoms with Gasteiger partial charge in [-0.25, -0.2) is 19.3 Å². The van der Waals surface area contributed by atoms with Crippen molar-refractivity contribution in [2.75, 3.05) is 5.32 Å². The summed E-state index contributed by atoms with van der Waals surface area (Å²) in [6.45, 7) is 1.99. The first-order valence-corrected chi connectivity index (χ1v) is 10.2. The summed E-state index contributed by atoms with van der Waals surface area (Å²) in [4.78, 5) is 26.4. The molecule has 2 aliphatic heterocycles. The standard InChI is InChI=1S/C20H22N8O2/c1-11-5-17-22-10-23-27(17)9-15(11)24-19-21-8-16-18(25-19)28(20(29)26(16)2)12-6-13-3-4-14(7-12)30-13/h5,8-10,12-14H,3-4,6-7H2,1-2H3,(H,21,24,25)/t12?,13-,14+. The number of hydrogen-bond donors (Lipinski definition) is 1. The maximum atomic E-state index is 13.0. The maximum Gasteiger partial charge on any atom is 0.330 e. The summed E-state index contributed by atoms with van der Waals surface area (Å²) in [5.41, 5.74) is 3.95. The number of aryl methyl sites for hydroxylation is 2. The van der Waals surface area contributed by atoms with Crippen LogP contribution in [0.2, 0.25) is 0 Å². The molecule has 0 spiro atoms. The largest absolute Gasteiger partial charge is 0.375 e. The van der Waals surface area contributed by atoms with E-state index in [1.807, 2.05) is 23.8 Å². The first kappa shape index (κ1) is 17.6. The van der Waals surface area contributed by atoms with Crippen LogP contribution in [0.3, 0.4) is 0 Å². The monoisotopic (exact) mass is 406 g/mol. The highest BCUT2D eigenvalue weighted by atomic mass is 16.5. The fourth-order valence-electron chi connectivity index (χ4n) is 4.77. The second-order valence-corrected chi connectivity index (χ2v) is 8.25. The van der Waals surface area contributed by atoms with Crippen molar-refractivity contribution in [3.05, 3.63) is 40.8 Å². The minimum atomic E-state index is -0.0528. The maximum absolute atomic E-state index is 13.0.